The molecule has 130 valence electrons. The SMILES string of the molecule is Cc1nscc1C(=O)NC(c1nc(C(C)C)no1)C1CCOCC1. The van der Waals surface area contributed by atoms with Gasteiger partial charge in [-0.15, -0.1) is 0 Å². The molecule has 2 aromatic rings. The number of hydrogen-bond acceptors (Lipinski definition) is 7. The van der Waals surface area contributed by atoms with Crippen molar-refractivity contribution in [1.29, 1.82) is 0 Å². The molecule has 1 fully saturated rings. The van der Waals surface area contributed by atoms with Crippen LogP contribution in [0, 0.1) is 12.8 Å². The van der Waals surface area contributed by atoms with Crippen molar-refractivity contribution in [3.8, 4) is 0 Å². The lowest BCUT2D eigenvalue weighted by molar-refractivity contribution is 0.0467. The van der Waals surface area contributed by atoms with Crippen molar-refractivity contribution in [1.82, 2.24) is 19.8 Å². The van der Waals surface area contributed by atoms with Crippen LogP contribution in [0.25, 0.3) is 0 Å². The van der Waals surface area contributed by atoms with E-state index in [0.717, 1.165) is 18.5 Å². The highest BCUT2D eigenvalue weighted by Gasteiger charge is 2.32. The van der Waals surface area contributed by atoms with Crippen molar-refractivity contribution in [3.05, 3.63) is 28.4 Å². The maximum absolute atomic E-state index is 12.6. The topological polar surface area (TPSA) is 90.1 Å². The predicted octanol–water partition coefficient (Wildman–Crippen LogP) is 2.86. The molecule has 1 N–H and O–H groups in total. The second-order valence-corrected chi connectivity index (χ2v) is 6.99. The first kappa shape index (κ1) is 17.0. The Bertz CT molecular complexity index is 691. The molecule has 1 unspecified atom stereocenters. The Morgan fingerprint density at radius 1 is 1.38 bits per heavy atom. The predicted molar refractivity (Wildman–Crippen MR) is 89.0 cm³/mol. The first-order valence-electron chi connectivity index (χ1n) is 8.19. The lowest BCUT2D eigenvalue weighted by atomic mass is 9.91. The Morgan fingerprint density at radius 3 is 2.71 bits per heavy atom. The highest BCUT2D eigenvalue weighted by atomic mass is 32.1. The van der Waals surface area contributed by atoms with Gasteiger partial charge in [-0.1, -0.05) is 19.0 Å². The molecule has 1 amide bonds. The summed E-state index contributed by atoms with van der Waals surface area (Å²) in [5.41, 5.74) is 1.33. The van der Waals surface area contributed by atoms with Crippen LogP contribution in [0.4, 0.5) is 0 Å². The van der Waals surface area contributed by atoms with E-state index in [9.17, 15) is 4.79 Å². The summed E-state index contributed by atoms with van der Waals surface area (Å²) in [4.78, 5) is 17.1. The number of carbonyl (C=O) groups is 1. The molecule has 24 heavy (non-hydrogen) atoms. The third-order valence-electron chi connectivity index (χ3n) is 4.26. The molecule has 1 aliphatic rings. The number of hydrogen-bond donors (Lipinski definition) is 1. The summed E-state index contributed by atoms with van der Waals surface area (Å²) in [5.74, 6) is 1.37. The van der Waals surface area contributed by atoms with Gasteiger partial charge in [0.25, 0.3) is 5.91 Å². The van der Waals surface area contributed by atoms with E-state index in [1.807, 2.05) is 20.8 Å². The summed E-state index contributed by atoms with van der Waals surface area (Å²) in [7, 11) is 0. The van der Waals surface area contributed by atoms with Crippen LogP contribution in [0.15, 0.2) is 9.90 Å². The minimum Gasteiger partial charge on any atom is -0.381 e. The van der Waals surface area contributed by atoms with Crippen LogP contribution in [-0.2, 0) is 4.74 Å². The molecular formula is C16H22N4O3S. The highest BCUT2D eigenvalue weighted by molar-refractivity contribution is 7.03. The summed E-state index contributed by atoms with van der Waals surface area (Å²) >= 11 is 1.28. The maximum Gasteiger partial charge on any atom is 0.254 e. The summed E-state index contributed by atoms with van der Waals surface area (Å²) in [5, 5.41) is 8.88. The molecule has 3 rings (SSSR count). The molecule has 8 heteroatoms. The molecule has 3 heterocycles. The van der Waals surface area contributed by atoms with E-state index in [1.54, 1.807) is 5.38 Å². The number of nitrogens with one attached hydrogen (secondary N) is 1. The zero-order chi connectivity index (χ0) is 17.1. The molecule has 0 radical (unpaired) electrons. The Balaban J connectivity index is 1.83. The average Bonchev–Trinajstić information content (AvgIpc) is 3.22. The fraction of sp³-hybridized carbons (Fsp3) is 0.625. The second-order valence-electron chi connectivity index (χ2n) is 6.36. The molecule has 2 aromatic heterocycles. The van der Waals surface area contributed by atoms with E-state index in [-0.39, 0.29) is 23.8 Å². The number of aromatic nitrogens is 3. The van der Waals surface area contributed by atoms with Gasteiger partial charge in [0.05, 0.1) is 11.3 Å². The number of ether oxygens (including phenoxy) is 1. The molecule has 0 spiro atoms. The van der Waals surface area contributed by atoms with Gasteiger partial charge in [-0.05, 0) is 37.2 Å². The Morgan fingerprint density at radius 2 is 2.12 bits per heavy atom. The third-order valence-corrected chi connectivity index (χ3v) is 4.98. The maximum atomic E-state index is 12.6. The van der Waals surface area contributed by atoms with Crippen molar-refractivity contribution in [3.63, 3.8) is 0 Å². The van der Waals surface area contributed by atoms with E-state index < -0.39 is 0 Å². The Kier molecular flexibility index (Phi) is 5.25. The quantitative estimate of drug-likeness (QED) is 0.892. The first-order valence-corrected chi connectivity index (χ1v) is 9.03. The molecule has 0 aromatic carbocycles. The molecule has 0 aliphatic carbocycles. The van der Waals surface area contributed by atoms with Crippen LogP contribution in [0.2, 0.25) is 0 Å². The minimum atomic E-state index is -0.305. The van der Waals surface area contributed by atoms with E-state index >= 15 is 0 Å². The van der Waals surface area contributed by atoms with Gasteiger partial charge < -0.3 is 14.6 Å². The van der Waals surface area contributed by atoms with Gasteiger partial charge in [0.2, 0.25) is 5.89 Å². The number of aryl methyl sites for hydroxylation is 1. The van der Waals surface area contributed by atoms with Gasteiger partial charge in [-0.3, -0.25) is 4.79 Å². The van der Waals surface area contributed by atoms with Crippen LogP contribution in [-0.4, -0.2) is 33.6 Å². The summed E-state index contributed by atoms with van der Waals surface area (Å²) in [6, 6.07) is -0.305. The average molecular weight is 350 g/mol. The van der Waals surface area contributed by atoms with Gasteiger partial charge in [-0.25, -0.2) is 0 Å². The summed E-state index contributed by atoms with van der Waals surface area (Å²) < 4.78 is 15.1. The zero-order valence-corrected chi connectivity index (χ0v) is 14.9. The Hall–Kier alpha value is -1.80. The molecule has 1 atom stereocenters. The lowest BCUT2D eigenvalue weighted by Gasteiger charge is -2.28. The number of rotatable bonds is 5. The van der Waals surface area contributed by atoms with E-state index in [1.165, 1.54) is 11.5 Å². The molecule has 1 saturated heterocycles. The van der Waals surface area contributed by atoms with Gasteiger partial charge in [-0.2, -0.15) is 9.36 Å². The van der Waals surface area contributed by atoms with Crippen molar-refractivity contribution < 1.29 is 14.1 Å². The van der Waals surface area contributed by atoms with Crippen molar-refractivity contribution in [2.24, 2.45) is 5.92 Å². The normalized spacial score (nSPS) is 17.2. The van der Waals surface area contributed by atoms with E-state index in [4.69, 9.17) is 9.26 Å². The summed E-state index contributed by atoms with van der Waals surface area (Å²) in [6.45, 7) is 7.22. The number of amides is 1. The highest BCUT2D eigenvalue weighted by Crippen LogP contribution is 2.30. The fourth-order valence-corrected chi connectivity index (χ4v) is 3.46. The van der Waals surface area contributed by atoms with Crippen molar-refractivity contribution in [2.75, 3.05) is 13.2 Å². The first-order chi connectivity index (χ1) is 11.6. The second kappa shape index (κ2) is 7.40. The van der Waals surface area contributed by atoms with Crippen LogP contribution >= 0.6 is 11.5 Å². The monoisotopic (exact) mass is 350 g/mol. The van der Waals surface area contributed by atoms with Gasteiger partial charge >= 0.3 is 0 Å². The van der Waals surface area contributed by atoms with Crippen molar-refractivity contribution in [2.45, 2.75) is 45.6 Å². The fourth-order valence-electron chi connectivity index (χ4n) is 2.77. The number of nitrogens with zero attached hydrogens (tertiary/aromatic N) is 3. The van der Waals surface area contributed by atoms with Gasteiger partial charge in [0, 0.05) is 24.5 Å². The Labute approximate surface area is 145 Å². The van der Waals surface area contributed by atoms with Crippen LogP contribution in [0.5, 0.6) is 0 Å². The zero-order valence-electron chi connectivity index (χ0n) is 14.1. The van der Waals surface area contributed by atoms with Crippen LogP contribution in [0.1, 0.15) is 66.4 Å². The minimum absolute atomic E-state index is 0.151. The van der Waals surface area contributed by atoms with Gasteiger partial charge in [0.1, 0.15) is 6.04 Å². The molecular weight excluding hydrogens is 328 g/mol. The molecule has 0 bridgehead atoms. The molecule has 1 aliphatic heterocycles. The largest absolute Gasteiger partial charge is 0.381 e. The third kappa shape index (κ3) is 3.64. The van der Waals surface area contributed by atoms with Gasteiger partial charge in [0.15, 0.2) is 5.82 Å². The standard InChI is InChI=1S/C16H22N4O3S/c1-9(2)14-18-16(23-19-14)13(11-4-6-22-7-5-11)17-15(21)12-8-24-20-10(12)3/h8-9,11,13H,4-7H2,1-3H3,(H,17,21). The smallest absolute Gasteiger partial charge is 0.254 e. The number of carbonyl (C=O) groups excluding carboxylic acids is 1. The lowest BCUT2D eigenvalue weighted by Crippen LogP contribution is -2.36. The van der Waals surface area contributed by atoms with Crippen LogP contribution in [0.3, 0.4) is 0 Å². The van der Waals surface area contributed by atoms with E-state index in [0.29, 0.717) is 30.5 Å². The van der Waals surface area contributed by atoms with Crippen molar-refractivity contribution >= 4 is 17.4 Å². The molecule has 7 nitrogen and oxygen atoms in total. The van der Waals surface area contributed by atoms with E-state index in [2.05, 4.69) is 19.8 Å². The molecule has 0 saturated carbocycles. The summed E-state index contributed by atoms with van der Waals surface area (Å²) in [6.07, 6.45) is 1.70. The van der Waals surface area contributed by atoms with Crippen LogP contribution < -0.4 is 5.32 Å².